The van der Waals surface area contributed by atoms with E-state index in [1.165, 1.54) is 0 Å². The molecule has 0 spiro atoms. The molecule has 5 rings (SSSR count). The van der Waals surface area contributed by atoms with Gasteiger partial charge in [0.15, 0.2) is 5.96 Å². The van der Waals surface area contributed by atoms with E-state index in [-0.39, 0.29) is 63.1 Å². The number of hydrogen-bond donors (Lipinski definition) is 8. The monoisotopic (exact) mass is 880 g/mol. The summed E-state index contributed by atoms with van der Waals surface area (Å²) < 4.78 is 11.4. The van der Waals surface area contributed by atoms with Gasteiger partial charge in [-0.3, -0.25) is 24.2 Å². The Balaban J connectivity index is 1.37. The van der Waals surface area contributed by atoms with Crippen LogP contribution in [-0.4, -0.2) is 94.7 Å². The topological polar surface area (TPSA) is 269 Å². The summed E-state index contributed by atoms with van der Waals surface area (Å²) in [6.45, 7) is 8.95. The fraction of sp³-hybridized carbons (Fsp3) is 0.426. The van der Waals surface area contributed by atoms with Crippen LogP contribution in [0.2, 0.25) is 0 Å². The average molecular weight is 881 g/mol. The molecule has 17 nitrogen and oxygen atoms in total. The number of guanidine groups is 1. The van der Waals surface area contributed by atoms with Crippen LogP contribution < -0.4 is 32.7 Å². The number of ether oxygens (including phenoxy) is 2. The third-order valence-corrected chi connectivity index (χ3v) is 10.6. The fourth-order valence-electron chi connectivity index (χ4n) is 7.70. The molecule has 342 valence electrons. The third kappa shape index (κ3) is 13.5. The molecule has 4 atom stereocenters. The number of carboxylic acids is 1. The highest BCUT2D eigenvalue weighted by Gasteiger charge is 2.34. The number of amides is 4. The minimum atomic E-state index is -1.48. The van der Waals surface area contributed by atoms with Crippen molar-refractivity contribution in [1.82, 2.24) is 26.3 Å². The smallest absolute Gasteiger partial charge is 0.407 e. The molecule has 4 amide bonds. The molecule has 4 aromatic rings. The summed E-state index contributed by atoms with van der Waals surface area (Å²) in [7, 11) is 0. The zero-order chi connectivity index (χ0) is 46.6. The van der Waals surface area contributed by atoms with Crippen LogP contribution in [0.5, 0.6) is 0 Å². The molecule has 1 aliphatic carbocycles. The highest BCUT2D eigenvalue weighted by Crippen LogP contribution is 2.44. The molecule has 0 unspecified atom stereocenters. The summed E-state index contributed by atoms with van der Waals surface area (Å²) in [5.74, 6) is -4.73. The number of nitrogens with zero attached hydrogens (tertiary/aromatic N) is 1. The Kier molecular flexibility index (Phi) is 16.5. The van der Waals surface area contributed by atoms with Crippen LogP contribution in [0.3, 0.4) is 0 Å². The number of carboxylic acid groups (broad SMARTS) is 1. The Morgan fingerprint density at radius 2 is 1.33 bits per heavy atom. The van der Waals surface area contributed by atoms with Gasteiger partial charge in [-0.05, 0) is 86.3 Å². The molecule has 0 fully saturated rings. The Bertz CT molecular complexity index is 2290. The van der Waals surface area contributed by atoms with E-state index in [9.17, 15) is 33.9 Å². The number of carbonyl (C=O) groups is 6. The second-order valence-electron chi connectivity index (χ2n) is 17.3. The zero-order valence-electron chi connectivity index (χ0n) is 36.9. The number of rotatable bonds is 21. The Labute approximate surface area is 372 Å². The predicted octanol–water partition coefficient (Wildman–Crippen LogP) is 4.38. The minimum absolute atomic E-state index is 0.00317. The van der Waals surface area contributed by atoms with Crippen molar-refractivity contribution in [2.75, 3.05) is 13.2 Å². The summed E-state index contributed by atoms with van der Waals surface area (Å²) in [4.78, 5) is 88.2. The summed E-state index contributed by atoms with van der Waals surface area (Å²) in [5, 5.41) is 21.2. The quantitative estimate of drug-likeness (QED) is 0.0252. The van der Waals surface area contributed by atoms with Gasteiger partial charge >= 0.3 is 18.0 Å². The number of fused-ring (bicyclic) bond motifs is 4. The first kappa shape index (κ1) is 48.1. The number of benzene rings is 3. The van der Waals surface area contributed by atoms with E-state index in [2.05, 4.69) is 31.2 Å². The van der Waals surface area contributed by atoms with Crippen molar-refractivity contribution in [3.8, 4) is 11.1 Å². The van der Waals surface area contributed by atoms with Crippen LogP contribution >= 0.6 is 0 Å². The molecule has 0 aliphatic heterocycles. The van der Waals surface area contributed by atoms with Crippen molar-refractivity contribution in [2.24, 2.45) is 22.4 Å². The zero-order valence-corrected chi connectivity index (χ0v) is 36.9. The van der Waals surface area contributed by atoms with Crippen LogP contribution in [0.4, 0.5) is 4.79 Å². The van der Waals surface area contributed by atoms with Crippen LogP contribution in [0, 0.1) is 5.92 Å². The number of alkyl carbamates (subject to hydrolysis) is 1. The normalized spacial score (nSPS) is 14.0. The van der Waals surface area contributed by atoms with E-state index in [1.807, 2.05) is 86.6 Å². The summed E-state index contributed by atoms with van der Waals surface area (Å²) in [5.41, 5.74) is 15.7. The van der Waals surface area contributed by atoms with E-state index in [4.69, 9.17) is 20.9 Å². The lowest BCUT2D eigenvalue weighted by atomic mass is 9.98. The molecule has 17 heteroatoms. The van der Waals surface area contributed by atoms with Gasteiger partial charge in [-0.25, -0.2) is 9.59 Å². The largest absolute Gasteiger partial charge is 0.481 e. The van der Waals surface area contributed by atoms with Crippen molar-refractivity contribution in [1.29, 1.82) is 0 Å². The van der Waals surface area contributed by atoms with Crippen LogP contribution in [0.25, 0.3) is 22.0 Å². The number of aliphatic imine (C=N–C) groups is 1. The molecular formula is C47H60N8O9. The number of nitrogens with one attached hydrogen (secondary N) is 5. The van der Waals surface area contributed by atoms with E-state index in [1.54, 1.807) is 27.0 Å². The van der Waals surface area contributed by atoms with E-state index >= 15 is 0 Å². The Morgan fingerprint density at radius 1 is 0.766 bits per heavy atom. The van der Waals surface area contributed by atoms with E-state index in [0.29, 0.717) is 5.56 Å². The molecule has 1 heterocycles. The molecule has 0 radical (unpaired) electrons. The number of aliphatic carboxylic acids is 1. The first-order chi connectivity index (χ1) is 30.4. The average Bonchev–Trinajstić information content (AvgIpc) is 3.79. The highest BCUT2D eigenvalue weighted by molar-refractivity contribution is 5.95. The third-order valence-electron chi connectivity index (χ3n) is 10.6. The van der Waals surface area contributed by atoms with Crippen LogP contribution in [0.1, 0.15) is 89.3 Å². The lowest BCUT2D eigenvalue weighted by Gasteiger charge is -2.28. The maximum absolute atomic E-state index is 14.3. The number of carbonyl (C=O) groups excluding carboxylic acids is 5. The lowest BCUT2D eigenvalue weighted by Crippen LogP contribution is -2.58. The summed E-state index contributed by atoms with van der Waals surface area (Å²) in [6, 6.07) is 18.0. The molecule has 0 bridgehead atoms. The van der Waals surface area contributed by atoms with Gasteiger partial charge in [0.2, 0.25) is 17.7 Å². The molecule has 10 N–H and O–H groups in total. The van der Waals surface area contributed by atoms with Crippen LogP contribution in [-0.2, 0) is 39.9 Å². The molecule has 1 aliphatic rings. The lowest BCUT2D eigenvalue weighted by molar-refractivity contribution is -0.159. The molecule has 3 aromatic carbocycles. The standard InChI is InChI=1S/C47H60N8O9/c1-27(2)23-39(44(61)64-47(3,4)5)54-41(58)36(19-12-22-50-45(48)49)52-42(59)37(20-21-40(56)57)53-43(60)38(24-28-25-51-35-18-11-10-13-29(28)35)55-46(62)63-26-34-32-16-8-6-14-30(32)31-15-7-9-17-33(31)34/h6-11,13-18,25,27,34,36-39,51H,12,19-24,26H2,1-5H3,(H,52,59)(H,53,60)(H,54,58)(H,55,62)(H,56,57)(H4,48,49,50)/t36-,37-,38-,39-/m0/s1. The molecule has 64 heavy (non-hydrogen) atoms. The predicted molar refractivity (Wildman–Crippen MR) is 242 cm³/mol. The van der Waals surface area contributed by atoms with Gasteiger partial charge in [-0.2, -0.15) is 0 Å². The van der Waals surface area contributed by atoms with Gasteiger partial charge in [0, 0.05) is 42.4 Å². The number of hydrogen-bond acceptors (Lipinski definition) is 9. The second kappa shape index (κ2) is 21.9. The Morgan fingerprint density at radius 3 is 1.92 bits per heavy atom. The van der Waals surface area contributed by atoms with Crippen molar-refractivity contribution >= 4 is 52.6 Å². The van der Waals surface area contributed by atoms with Crippen LogP contribution in [0.15, 0.2) is 84.0 Å². The number of aromatic amines is 1. The first-order valence-electron chi connectivity index (χ1n) is 21.5. The fourth-order valence-corrected chi connectivity index (χ4v) is 7.70. The number of nitrogens with two attached hydrogens (primary N) is 2. The SMILES string of the molecule is CC(C)C[C@H](NC(=O)[C@H](CCCN=C(N)N)NC(=O)[C@H](CCC(=O)O)NC(=O)[C@H](Cc1c[nH]c2ccccc12)NC(=O)OCC1c2ccccc2-c2ccccc21)C(=O)OC(C)(C)C. The molecule has 1 aromatic heterocycles. The maximum Gasteiger partial charge on any atom is 0.407 e. The number of esters is 1. The first-order valence-corrected chi connectivity index (χ1v) is 21.5. The summed E-state index contributed by atoms with van der Waals surface area (Å²) >= 11 is 0. The molecular weight excluding hydrogens is 821 g/mol. The maximum atomic E-state index is 14.3. The number of para-hydroxylation sites is 1. The van der Waals surface area contributed by atoms with Gasteiger partial charge in [0.1, 0.15) is 36.4 Å². The summed E-state index contributed by atoms with van der Waals surface area (Å²) in [6.07, 6.45) is 0.367. The van der Waals surface area contributed by atoms with E-state index < -0.39 is 71.9 Å². The minimum Gasteiger partial charge on any atom is -0.481 e. The van der Waals surface area contributed by atoms with Gasteiger partial charge < -0.3 is 52.3 Å². The van der Waals surface area contributed by atoms with Gasteiger partial charge in [0.05, 0.1) is 0 Å². The van der Waals surface area contributed by atoms with E-state index in [0.717, 1.165) is 33.2 Å². The van der Waals surface area contributed by atoms with Crippen molar-refractivity contribution < 1.29 is 43.3 Å². The Hall–Kier alpha value is -6.91. The van der Waals surface area contributed by atoms with Gasteiger partial charge in [-0.1, -0.05) is 80.6 Å². The number of H-pyrrole nitrogens is 1. The van der Waals surface area contributed by atoms with Gasteiger partial charge in [0.25, 0.3) is 0 Å². The van der Waals surface area contributed by atoms with Crippen molar-refractivity contribution in [2.45, 2.75) is 109 Å². The van der Waals surface area contributed by atoms with Crippen molar-refractivity contribution in [3.05, 3.63) is 95.7 Å². The van der Waals surface area contributed by atoms with Gasteiger partial charge in [-0.15, -0.1) is 0 Å². The van der Waals surface area contributed by atoms with Crippen molar-refractivity contribution in [3.63, 3.8) is 0 Å². The highest BCUT2D eigenvalue weighted by atomic mass is 16.6. The second-order valence-corrected chi connectivity index (χ2v) is 17.3. The molecule has 0 saturated carbocycles. The number of aromatic nitrogens is 1. The molecule has 0 saturated heterocycles.